The van der Waals surface area contributed by atoms with E-state index in [1.807, 2.05) is 51.1 Å². The van der Waals surface area contributed by atoms with Crippen molar-refractivity contribution >= 4 is 33.9 Å². The highest BCUT2D eigenvalue weighted by Crippen LogP contribution is 2.30. The van der Waals surface area contributed by atoms with Gasteiger partial charge in [0, 0.05) is 40.5 Å². The second-order valence-electron chi connectivity index (χ2n) is 8.94. The summed E-state index contributed by atoms with van der Waals surface area (Å²) in [5.41, 5.74) is 5.60. The molecule has 2 aromatic heterocycles. The summed E-state index contributed by atoms with van der Waals surface area (Å²) >= 11 is 0. The lowest BCUT2D eigenvalue weighted by Gasteiger charge is -2.20. The molecule has 0 atom stereocenters. The molecule has 0 aliphatic rings. The van der Waals surface area contributed by atoms with Gasteiger partial charge in [0.05, 0.1) is 5.69 Å². The zero-order valence-electron chi connectivity index (χ0n) is 19.4. The number of nitrogens with zero attached hydrogens (tertiary/aromatic N) is 1. The molecule has 0 radical (unpaired) electrons. The predicted molar refractivity (Wildman–Crippen MR) is 134 cm³/mol. The van der Waals surface area contributed by atoms with Crippen molar-refractivity contribution in [2.75, 3.05) is 5.32 Å². The third-order valence-corrected chi connectivity index (χ3v) is 5.00. The van der Waals surface area contributed by atoms with Gasteiger partial charge in [0.1, 0.15) is 5.65 Å². The van der Waals surface area contributed by atoms with Crippen molar-refractivity contribution in [1.82, 2.24) is 15.3 Å². The van der Waals surface area contributed by atoms with Crippen molar-refractivity contribution in [3.8, 4) is 12.3 Å². The topological polar surface area (TPSA) is 69.8 Å². The second-order valence-corrected chi connectivity index (χ2v) is 8.94. The fraction of sp³-hybridized carbons (Fsp3) is 0.333. The summed E-state index contributed by atoms with van der Waals surface area (Å²) in [5.74, 6) is 2.76. The number of amides is 1. The van der Waals surface area contributed by atoms with Gasteiger partial charge in [0.25, 0.3) is 0 Å². The number of carbonyl (C=O) groups excluding carboxylic acids is 1. The maximum atomic E-state index is 12.2. The van der Waals surface area contributed by atoms with Crippen LogP contribution in [0.3, 0.4) is 0 Å². The number of pyridine rings is 1. The van der Waals surface area contributed by atoms with E-state index in [0.29, 0.717) is 6.42 Å². The number of carbonyl (C=O) groups is 1. The van der Waals surface area contributed by atoms with E-state index in [4.69, 9.17) is 6.42 Å². The number of aromatic amines is 1. The number of hydrogen-bond donors (Lipinski definition) is 3. The van der Waals surface area contributed by atoms with E-state index in [1.54, 1.807) is 6.20 Å². The molecule has 0 spiro atoms. The quantitative estimate of drug-likeness (QED) is 0.376. The summed E-state index contributed by atoms with van der Waals surface area (Å²) in [6.07, 6.45) is 12.6. The maximum Gasteiger partial charge on any atom is 0.220 e. The highest BCUT2D eigenvalue weighted by Gasteiger charge is 2.14. The number of anilines is 2. The lowest BCUT2D eigenvalue weighted by molar-refractivity contribution is -0.122. The van der Waals surface area contributed by atoms with Gasteiger partial charge in [-0.15, -0.1) is 6.42 Å². The lowest BCUT2D eigenvalue weighted by Crippen LogP contribution is -2.40. The van der Waals surface area contributed by atoms with Crippen LogP contribution in [-0.2, 0) is 4.79 Å². The molecule has 0 bridgehead atoms. The van der Waals surface area contributed by atoms with Crippen molar-refractivity contribution in [2.45, 2.75) is 58.9 Å². The third kappa shape index (κ3) is 6.24. The zero-order valence-corrected chi connectivity index (χ0v) is 19.4. The smallest absolute Gasteiger partial charge is 0.220 e. The van der Waals surface area contributed by atoms with Crippen LogP contribution in [0.1, 0.15) is 64.6 Å². The molecular weight excluding hydrogens is 396 g/mol. The fourth-order valence-electron chi connectivity index (χ4n) is 3.66. The molecule has 0 fully saturated rings. The molecule has 0 aliphatic heterocycles. The van der Waals surface area contributed by atoms with E-state index in [9.17, 15) is 4.79 Å². The van der Waals surface area contributed by atoms with Crippen molar-refractivity contribution in [1.29, 1.82) is 0 Å². The van der Waals surface area contributed by atoms with Crippen LogP contribution in [0, 0.1) is 12.3 Å². The second kappa shape index (κ2) is 10.2. The first kappa shape index (κ1) is 23.1. The number of rotatable bonds is 8. The van der Waals surface area contributed by atoms with Gasteiger partial charge in [-0.3, -0.25) is 4.79 Å². The van der Waals surface area contributed by atoms with Crippen LogP contribution in [0.4, 0.5) is 11.4 Å². The minimum absolute atomic E-state index is 0.0901. The number of H-pyrrole nitrogens is 1. The Balaban J connectivity index is 1.78. The van der Waals surface area contributed by atoms with E-state index in [0.717, 1.165) is 52.9 Å². The molecule has 2 heterocycles. The minimum Gasteiger partial charge on any atom is -0.355 e. The number of benzene rings is 1. The first-order valence-corrected chi connectivity index (χ1v) is 11.1. The van der Waals surface area contributed by atoms with Gasteiger partial charge in [-0.05, 0) is 75.9 Å². The molecule has 3 aromatic rings. The Bertz CT molecular complexity index is 1160. The molecule has 5 nitrogen and oxygen atoms in total. The lowest BCUT2D eigenvalue weighted by atomic mass is 10.0. The summed E-state index contributed by atoms with van der Waals surface area (Å²) in [6.45, 7) is 8.12. The molecule has 0 aliphatic carbocycles. The van der Waals surface area contributed by atoms with E-state index >= 15 is 0 Å². The first-order valence-electron chi connectivity index (χ1n) is 11.1. The van der Waals surface area contributed by atoms with Gasteiger partial charge >= 0.3 is 0 Å². The molecule has 3 N–H and O–H groups in total. The van der Waals surface area contributed by atoms with Crippen LogP contribution in [-0.4, -0.2) is 21.4 Å². The van der Waals surface area contributed by atoms with Crippen LogP contribution in [0.15, 0.2) is 48.7 Å². The Kier molecular flexibility index (Phi) is 7.37. The number of nitrogens with one attached hydrogen (secondary N) is 3. The molecular formula is C27H32N4O. The van der Waals surface area contributed by atoms with Crippen molar-refractivity contribution < 1.29 is 4.79 Å². The normalized spacial score (nSPS) is 11.9. The summed E-state index contributed by atoms with van der Waals surface area (Å²) in [4.78, 5) is 20.1. The zero-order chi connectivity index (χ0) is 23.1. The summed E-state index contributed by atoms with van der Waals surface area (Å²) in [5, 5.41) is 7.50. The number of aromatic nitrogens is 2. The Morgan fingerprint density at radius 1 is 1.22 bits per heavy atom. The van der Waals surface area contributed by atoms with Gasteiger partial charge in [-0.2, -0.15) is 0 Å². The standard InChI is InChI=1S/C27H32N4O/c1-6-10-20(12-9-14-25(32)31-27(3,4)5)24-18-22-23(15-16-28-26(22)30-24)29-21-13-8-11-19(7-2)17-21/h2,8,10-11,13,15-18H,6,9,12,14H2,1,3-5H3,(H,31,32)(H2,28,29,30)/b20-10+. The molecule has 1 aromatic carbocycles. The van der Waals surface area contributed by atoms with E-state index in [2.05, 4.69) is 45.6 Å². The molecule has 5 heteroatoms. The van der Waals surface area contributed by atoms with Crippen molar-refractivity contribution in [3.05, 3.63) is 59.9 Å². The van der Waals surface area contributed by atoms with Crippen molar-refractivity contribution in [2.24, 2.45) is 0 Å². The monoisotopic (exact) mass is 428 g/mol. The first-order chi connectivity index (χ1) is 15.3. The Hall–Kier alpha value is -3.52. The Morgan fingerprint density at radius 3 is 2.75 bits per heavy atom. The van der Waals surface area contributed by atoms with Gasteiger partial charge in [-0.1, -0.05) is 25.0 Å². The highest BCUT2D eigenvalue weighted by molar-refractivity contribution is 5.94. The van der Waals surface area contributed by atoms with Gasteiger partial charge in [-0.25, -0.2) is 4.98 Å². The molecule has 0 saturated heterocycles. The molecule has 32 heavy (non-hydrogen) atoms. The van der Waals surface area contributed by atoms with Crippen LogP contribution in [0.5, 0.6) is 0 Å². The molecule has 0 unspecified atom stereocenters. The number of fused-ring (bicyclic) bond motifs is 1. The van der Waals surface area contributed by atoms with Crippen LogP contribution >= 0.6 is 0 Å². The summed E-state index contributed by atoms with van der Waals surface area (Å²) in [6, 6.07) is 11.9. The molecule has 0 saturated carbocycles. The third-order valence-electron chi connectivity index (χ3n) is 5.00. The van der Waals surface area contributed by atoms with Gasteiger partial charge in [0.2, 0.25) is 5.91 Å². The number of allylic oxidation sites excluding steroid dienone is 2. The average Bonchev–Trinajstić information content (AvgIpc) is 3.17. The Morgan fingerprint density at radius 2 is 2.03 bits per heavy atom. The van der Waals surface area contributed by atoms with Crippen LogP contribution < -0.4 is 10.6 Å². The fourth-order valence-corrected chi connectivity index (χ4v) is 3.66. The van der Waals surface area contributed by atoms with Gasteiger partial charge < -0.3 is 15.6 Å². The Labute approximate surface area is 190 Å². The van der Waals surface area contributed by atoms with Gasteiger partial charge in [0.15, 0.2) is 0 Å². The highest BCUT2D eigenvalue weighted by atomic mass is 16.1. The van der Waals surface area contributed by atoms with Crippen LogP contribution in [0.2, 0.25) is 0 Å². The SMILES string of the molecule is C#Cc1cccc(Nc2ccnc3[nH]c(/C(=C/CC)CCCC(=O)NC(C)(C)C)cc23)c1. The predicted octanol–water partition coefficient (Wildman–Crippen LogP) is 6.17. The average molecular weight is 429 g/mol. The largest absolute Gasteiger partial charge is 0.355 e. The molecule has 166 valence electrons. The van der Waals surface area contributed by atoms with Crippen molar-refractivity contribution in [3.63, 3.8) is 0 Å². The summed E-state index contributed by atoms with van der Waals surface area (Å²) < 4.78 is 0. The maximum absolute atomic E-state index is 12.2. The van der Waals surface area contributed by atoms with E-state index in [1.165, 1.54) is 5.57 Å². The molecule has 3 rings (SSSR count). The van der Waals surface area contributed by atoms with E-state index < -0.39 is 0 Å². The molecule has 1 amide bonds. The van der Waals surface area contributed by atoms with E-state index in [-0.39, 0.29) is 11.4 Å². The van der Waals surface area contributed by atoms with Crippen LogP contribution in [0.25, 0.3) is 16.6 Å². The number of terminal acetylenes is 1. The summed E-state index contributed by atoms with van der Waals surface area (Å²) in [7, 11) is 0. The number of hydrogen-bond acceptors (Lipinski definition) is 3. The minimum atomic E-state index is -0.203.